The van der Waals surface area contributed by atoms with E-state index in [-0.39, 0.29) is 5.69 Å². The van der Waals surface area contributed by atoms with Gasteiger partial charge in [-0.05, 0) is 44.3 Å². The summed E-state index contributed by atoms with van der Waals surface area (Å²) in [5.41, 5.74) is 1.61. The first-order valence-electron chi connectivity index (χ1n) is 10.3. The van der Waals surface area contributed by atoms with Crippen LogP contribution in [-0.2, 0) is 6.18 Å². The van der Waals surface area contributed by atoms with Crippen LogP contribution in [0.4, 0.5) is 24.5 Å². The number of aromatic nitrogens is 2. The quantitative estimate of drug-likeness (QED) is 0.657. The molecule has 1 saturated heterocycles. The number of para-hydroxylation sites is 1. The fourth-order valence-electron chi connectivity index (χ4n) is 3.79. The molecule has 1 aromatic heterocycles. The first kappa shape index (κ1) is 21.9. The summed E-state index contributed by atoms with van der Waals surface area (Å²) in [6.45, 7) is 4.66. The Morgan fingerprint density at radius 3 is 2.38 bits per heavy atom. The highest BCUT2D eigenvalue weighted by Gasteiger charge is 2.32. The fourth-order valence-corrected chi connectivity index (χ4v) is 3.79. The summed E-state index contributed by atoms with van der Waals surface area (Å²) < 4.78 is 41.7. The van der Waals surface area contributed by atoms with Crippen molar-refractivity contribution < 1.29 is 18.0 Å². The Bertz CT molecular complexity index is 1100. The van der Waals surface area contributed by atoms with Gasteiger partial charge in [0.25, 0.3) is 5.91 Å². The van der Waals surface area contributed by atoms with Crippen LogP contribution in [0.5, 0.6) is 0 Å². The van der Waals surface area contributed by atoms with Gasteiger partial charge in [-0.1, -0.05) is 18.2 Å². The maximum atomic E-state index is 13.4. The van der Waals surface area contributed by atoms with Gasteiger partial charge < -0.3 is 15.1 Å². The standard InChI is InChI=1S/C23H24F3N5O/c1-16-19(15-27-31(16)18-6-4-3-5-7-18)22(32)28-20-14-17(23(24,25)26)8-9-21(20)30-12-10-29(2)11-13-30/h3-9,14-15H,10-13H2,1-2H3,(H,28,32). The smallest absolute Gasteiger partial charge is 0.367 e. The molecule has 2 heterocycles. The Balaban J connectivity index is 1.65. The molecular weight excluding hydrogens is 419 g/mol. The number of rotatable bonds is 4. The number of carbonyl (C=O) groups excluding carboxylic acids is 1. The number of anilines is 2. The number of halogens is 3. The van der Waals surface area contributed by atoms with E-state index >= 15 is 0 Å². The van der Waals surface area contributed by atoms with Crippen LogP contribution in [0.25, 0.3) is 5.69 Å². The highest BCUT2D eigenvalue weighted by Crippen LogP contribution is 2.36. The summed E-state index contributed by atoms with van der Waals surface area (Å²) in [6, 6.07) is 12.8. The van der Waals surface area contributed by atoms with Gasteiger partial charge in [-0.25, -0.2) is 4.68 Å². The van der Waals surface area contributed by atoms with Gasteiger partial charge in [0, 0.05) is 26.2 Å². The van der Waals surface area contributed by atoms with E-state index in [1.165, 1.54) is 12.3 Å². The molecule has 4 rings (SSSR count). The van der Waals surface area contributed by atoms with E-state index in [0.717, 1.165) is 30.9 Å². The van der Waals surface area contributed by atoms with Gasteiger partial charge in [-0.3, -0.25) is 4.79 Å². The van der Waals surface area contributed by atoms with Crippen molar-refractivity contribution in [2.45, 2.75) is 13.1 Å². The van der Waals surface area contributed by atoms with Crippen molar-refractivity contribution in [3.8, 4) is 5.69 Å². The molecular formula is C23H24F3N5O. The van der Waals surface area contributed by atoms with Crippen molar-refractivity contribution in [3.63, 3.8) is 0 Å². The van der Waals surface area contributed by atoms with E-state index in [1.807, 2.05) is 42.3 Å². The van der Waals surface area contributed by atoms with E-state index < -0.39 is 17.6 Å². The number of nitrogens with one attached hydrogen (secondary N) is 1. The number of nitrogens with zero attached hydrogens (tertiary/aromatic N) is 4. The van der Waals surface area contributed by atoms with Crippen LogP contribution >= 0.6 is 0 Å². The summed E-state index contributed by atoms with van der Waals surface area (Å²) in [4.78, 5) is 17.2. The predicted octanol–water partition coefficient (Wildman–Crippen LogP) is 4.20. The second kappa shape index (κ2) is 8.66. The van der Waals surface area contributed by atoms with Crippen LogP contribution in [0.2, 0.25) is 0 Å². The number of hydrogen-bond donors (Lipinski definition) is 1. The zero-order valence-corrected chi connectivity index (χ0v) is 17.9. The number of likely N-dealkylation sites (N-methyl/N-ethyl adjacent to an activating group) is 1. The third-order valence-corrected chi connectivity index (χ3v) is 5.67. The molecule has 0 spiro atoms. The molecule has 1 N–H and O–H groups in total. The molecule has 0 atom stereocenters. The molecule has 3 aromatic rings. The van der Waals surface area contributed by atoms with Gasteiger partial charge in [-0.2, -0.15) is 18.3 Å². The minimum Gasteiger partial charge on any atom is -0.367 e. The van der Waals surface area contributed by atoms with E-state index in [4.69, 9.17) is 0 Å². The van der Waals surface area contributed by atoms with Crippen LogP contribution in [0.1, 0.15) is 21.6 Å². The Morgan fingerprint density at radius 1 is 1.03 bits per heavy atom. The minimum absolute atomic E-state index is 0.140. The summed E-state index contributed by atoms with van der Waals surface area (Å²) in [6.07, 6.45) is -3.07. The fraction of sp³-hybridized carbons (Fsp3) is 0.304. The highest BCUT2D eigenvalue weighted by molar-refractivity contribution is 6.06. The monoisotopic (exact) mass is 443 g/mol. The van der Waals surface area contributed by atoms with E-state index in [2.05, 4.69) is 15.3 Å². The average Bonchev–Trinajstić information content (AvgIpc) is 3.16. The van der Waals surface area contributed by atoms with E-state index in [9.17, 15) is 18.0 Å². The lowest BCUT2D eigenvalue weighted by Gasteiger charge is -2.35. The SMILES string of the molecule is Cc1c(C(=O)Nc2cc(C(F)(F)F)ccc2N2CCN(C)CC2)cnn1-c1ccccc1. The number of hydrogen-bond acceptors (Lipinski definition) is 4. The van der Waals surface area contributed by atoms with Crippen molar-refractivity contribution >= 4 is 17.3 Å². The van der Waals surface area contributed by atoms with Crippen LogP contribution in [0.3, 0.4) is 0 Å². The van der Waals surface area contributed by atoms with Crippen LogP contribution < -0.4 is 10.2 Å². The number of benzene rings is 2. The molecule has 0 aliphatic carbocycles. The minimum atomic E-state index is -4.51. The molecule has 1 amide bonds. The number of piperazine rings is 1. The van der Waals surface area contributed by atoms with Crippen LogP contribution in [-0.4, -0.2) is 53.8 Å². The summed E-state index contributed by atoms with van der Waals surface area (Å²) in [7, 11) is 2.00. The zero-order chi connectivity index (χ0) is 22.9. The van der Waals surface area contributed by atoms with Crippen molar-refractivity contribution in [3.05, 3.63) is 71.5 Å². The third kappa shape index (κ3) is 4.47. The number of amides is 1. The van der Waals surface area contributed by atoms with Gasteiger partial charge in [0.2, 0.25) is 0 Å². The molecule has 0 radical (unpaired) electrons. The topological polar surface area (TPSA) is 53.4 Å². The molecule has 0 unspecified atom stereocenters. The first-order valence-corrected chi connectivity index (χ1v) is 10.3. The van der Waals surface area contributed by atoms with Crippen molar-refractivity contribution in [1.29, 1.82) is 0 Å². The van der Waals surface area contributed by atoms with Gasteiger partial charge in [0.1, 0.15) is 0 Å². The molecule has 9 heteroatoms. The maximum absolute atomic E-state index is 13.4. The maximum Gasteiger partial charge on any atom is 0.416 e. The molecule has 6 nitrogen and oxygen atoms in total. The first-order chi connectivity index (χ1) is 15.2. The summed E-state index contributed by atoms with van der Waals surface area (Å²) in [5.74, 6) is -0.501. The largest absolute Gasteiger partial charge is 0.416 e. The molecule has 1 aliphatic rings. The average molecular weight is 443 g/mol. The zero-order valence-electron chi connectivity index (χ0n) is 17.9. The van der Waals surface area contributed by atoms with Gasteiger partial charge >= 0.3 is 6.18 Å². The Kier molecular flexibility index (Phi) is 5.92. The van der Waals surface area contributed by atoms with Crippen LogP contribution in [0, 0.1) is 6.92 Å². The molecule has 1 aliphatic heterocycles. The molecule has 0 saturated carbocycles. The number of carbonyl (C=O) groups is 1. The van der Waals surface area contributed by atoms with E-state index in [0.29, 0.717) is 30.0 Å². The Labute approximate surface area is 184 Å². The second-order valence-electron chi connectivity index (χ2n) is 7.87. The van der Waals surface area contributed by atoms with Crippen LogP contribution in [0.15, 0.2) is 54.7 Å². The number of alkyl halides is 3. The molecule has 2 aromatic carbocycles. The van der Waals surface area contributed by atoms with Crippen molar-refractivity contribution in [1.82, 2.24) is 14.7 Å². The van der Waals surface area contributed by atoms with Crippen molar-refractivity contribution in [2.75, 3.05) is 43.4 Å². The highest BCUT2D eigenvalue weighted by atomic mass is 19.4. The molecule has 168 valence electrons. The summed E-state index contributed by atoms with van der Waals surface area (Å²) in [5, 5.41) is 6.99. The normalized spacial score (nSPS) is 15.1. The predicted molar refractivity (Wildman–Crippen MR) is 117 cm³/mol. The van der Waals surface area contributed by atoms with Gasteiger partial charge in [-0.15, -0.1) is 0 Å². The third-order valence-electron chi connectivity index (χ3n) is 5.67. The summed E-state index contributed by atoms with van der Waals surface area (Å²) >= 11 is 0. The lowest BCUT2D eigenvalue weighted by atomic mass is 10.1. The molecule has 0 bridgehead atoms. The lowest BCUT2D eigenvalue weighted by molar-refractivity contribution is -0.137. The van der Waals surface area contributed by atoms with E-state index in [1.54, 1.807) is 11.6 Å². The lowest BCUT2D eigenvalue weighted by Crippen LogP contribution is -2.44. The van der Waals surface area contributed by atoms with Gasteiger partial charge in [0.15, 0.2) is 0 Å². The Hall–Kier alpha value is -3.33. The Morgan fingerprint density at radius 2 is 1.72 bits per heavy atom. The second-order valence-corrected chi connectivity index (χ2v) is 7.87. The van der Waals surface area contributed by atoms with Crippen molar-refractivity contribution in [2.24, 2.45) is 0 Å². The molecule has 32 heavy (non-hydrogen) atoms. The molecule has 1 fully saturated rings. The van der Waals surface area contributed by atoms with Gasteiger partial charge in [0.05, 0.1) is 40.1 Å².